The monoisotopic (exact) mass is 438 g/mol. The SMILES string of the molecule is Cc1cccc(NC(=O)CN2CCN(CC(=O)Nc3cccc4nsnc34)CC2)c1C. The van der Waals surface area contributed by atoms with Crippen molar-refractivity contribution in [2.45, 2.75) is 13.8 Å². The first-order chi connectivity index (χ1) is 15.0. The van der Waals surface area contributed by atoms with Crippen molar-refractivity contribution in [3.8, 4) is 0 Å². The Kier molecular flexibility index (Phi) is 6.55. The Morgan fingerprint density at radius 1 is 0.871 bits per heavy atom. The Morgan fingerprint density at radius 2 is 1.45 bits per heavy atom. The summed E-state index contributed by atoms with van der Waals surface area (Å²) in [5.74, 6) is -0.0773. The minimum atomic E-state index is -0.0679. The number of fused-ring (bicyclic) bond motifs is 1. The van der Waals surface area contributed by atoms with Crippen molar-refractivity contribution in [1.82, 2.24) is 18.5 Å². The molecule has 162 valence electrons. The minimum absolute atomic E-state index is 0.00939. The summed E-state index contributed by atoms with van der Waals surface area (Å²) < 4.78 is 8.45. The third-order valence-corrected chi connectivity index (χ3v) is 6.18. The lowest BCUT2D eigenvalue weighted by Crippen LogP contribution is -2.50. The fourth-order valence-corrected chi connectivity index (χ4v) is 4.23. The Morgan fingerprint density at radius 3 is 2.13 bits per heavy atom. The molecule has 2 N–H and O–H groups in total. The number of piperazine rings is 1. The molecule has 0 radical (unpaired) electrons. The zero-order valence-electron chi connectivity index (χ0n) is 17.7. The van der Waals surface area contributed by atoms with Gasteiger partial charge in [-0.05, 0) is 43.2 Å². The first kappa shape index (κ1) is 21.4. The van der Waals surface area contributed by atoms with Gasteiger partial charge in [-0.25, -0.2) is 0 Å². The van der Waals surface area contributed by atoms with Crippen LogP contribution in [0, 0.1) is 13.8 Å². The number of carbonyl (C=O) groups is 2. The average molecular weight is 439 g/mol. The van der Waals surface area contributed by atoms with Crippen molar-refractivity contribution in [2.24, 2.45) is 0 Å². The van der Waals surface area contributed by atoms with E-state index in [2.05, 4.69) is 29.2 Å². The van der Waals surface area contributed by atoms with Crippen LogP contribution in [-0.4, -0.2) is 69.6 Å². The molecule has 1 aliphatic rings. The minimum Gasteiger partial charge on any atom is -0.325 e. The molecule has 1 aliphatic heterocycles. The van der Waals surface area contributed by atoms with Crippen LogP contribution in [0.5, 0.6) is 0 Å². The third-order valence-electron chi connectivity index (χ3n) is 5.64. The summed E-state index contributed by atoms with van der Waals surface area (Å²) in [7, 11) is 0. The van der Waals surface area contributed by atoms with Crippen molar-refractivity contribution in [1.29, 1.82) is 0 Å². The number of benzene rings is 2. The number of nitrogens with one attached hydrogen (secondary N) is 2. The van der Waals surface area contributed by atoms with E-state index in [1.807, 2.05) is 50.2 Å². The molecular formula is C22H26N6O2S. The number of nitrogens with zero attached hydrogens (tertiary/aromatic N) is 4. The van der Waals surface area contributed by atoms with Crippen molar-refractivity contribution in [2.75, 3.05) is 49.9 Å². The summed E-state index contributed by atoms with van der Waals surface area (Å²) in [6.07, 6.45) is 0. The van der Waals surface area contributed by atoms with Gasteiger partial charge in [-0.3, -0.25) is 19.4 Å². The topological polar surface area (TPSA) is 90.5 Å². The number of hydrogen-bond donors (Lipinski definition) is 2. The summed E-state index contributed by atoms with van der Waals surface area (Å²) in [5, 5.41) is 5.96. The van der Waals surface area contributed by atoms with Crippen LogP contribution in [0.2, 0.25) is 0 Å². The van der Waals surface area contributed by atoms with Gasteiger partial charge in [-0.1, -0.05) is 18.2 Å². The lowest BCUT2D eigenvalue weighted by molar-refractivity contribution is -0.120. The first-order valence-electron chi connectivity index (χ1n) is 10.3. The number of aromatic nitrogens is 2. The van der Waals surface area contributed by atoms with E-state index in [9.17, 15) is 9.59 Å². The predicted molar refractivity (Wildman–Crippen MR) is 123 cm³/mol. The zero-order valence-corrected chi connectivity index (χ0v) is 18.5. The summed E-state index contributed by atoms with van der Waals surface area (Å²) in [5.41, 5.74) is 5.32. The van der Waals surface area contributed by atoms with Gasteiger partial charge < -0.3 is 10.6 Å². The summed E-state index contributed by atoms with van der Waals surface area (Å²) >= 11 is 1.14. The number of aryl methyl sites for hydroxylation is 1. The highest BCUT2D eigenvalue weighted by Crippen LogP contribution is 2.21. The van der Waals surface area contributed by atoms with E-state index in [4.69, 9.17) is 0 Å². The van der Waals surface area contributed by atoms with Gasteiger partial charge in [0.1, 0.15) is 11.0 Å². The van der Waals surface area contributed by atoms with E-state index in [0.717, 1.165) is 65.8 Å². The van der Waals surface area contributed by atoms with Gasteiger partial charge >= 0.3 is 0 Å². The van der Waals surface area contributed by atoms with Crippen LogP contribution in [0.4, 0.5) is 11.4 Å². The molecule has 4 rings (SSSR count). The fraction of sp³-hybridized carbons (Fsp3) is 0.364. The molecule has 9 heteroatoms. The molecule has 1 saturated heterocycles. The number of hydrogen-bond acceptors (Lipinski definition) is 7. The first-order valence-corrected chi connectivity index (χ1v) is 11.0. The second kappa shape index (κ2) is 9.51. The molecule has 2 heterocycles. The van der Waals surface area contributed by atoms with Crippen molar-refractivity contribution < 1.29 is 9.59 Å². The number of carbonyl (C=O) groups excluding carboxylic acids is 2. The number of amides is 2. The van der Waals surface area contributed by atoms with E-state index in [-0.39, 0.29) is 11.8 Å². The molecular weight excluding hydrogens is 412 g/mol. The van der Waals surface area contributed by atoms with E-state index >= 15 is 0 Å². The Balaban J connectivity index is 1.23. The molecule has 2 aromatic carbocycles. The highest BCUT2D eigenvalue weighted by Gasteiger charge is 2.21. The van der Waals surface area contributed by atoms with Crippen LogP contribution in [0.15, 0.2) is 36.4 Å². The maximum absolute atomic E-state index is 12.5. The molecule has 0 saturated carbocycles. The zero-order chi connectivity index (χ0) is 21.8. The number of anilines is 2. The lowest BCUT2D eigenvalue weighted by atomic mass is 10.1. The molecule has 3 aromatic rings. The largest absolute Gasteiger partial charge is 0.325 e. The van der Waals surface area contributed by atoms with Crippen LogP contribution >= 0.6 is 11.7 Å². The van der Waals surface area contributed by atoms with Crippen LogP contribution in [-0.2, 0) is 9.59 Å². The van der Waals surface area contributed by atoms with E-state index in [0.29, 0.717) is 18.8 Å². The lowest BCUT2D eigenvalue weighted by Gasteiger charge is -2.33. The summed E-state index contributed by atoms with van der Waals surface area (Å²) in [6, 6.07) is 11.5. The molecule has 0 aliphatic carbocycles. The standard InChI is InChI=1S/C22H26N6O2S/c1-15-5-3-6-17(16(15)2)23-20(29)13-27-9-11-28(12-10-27)14-21(30)24-18-7-4-8-19-22(18)26-31-25-19/h3-8H,9-14H2,1-2H3,(H,23,29)(H,24,30). The summed E-state index contributed by atoms with van der Waals surface area (Å²) in [6.45, 7) is 7.70. The molecule has 0 unspecified atom stereocenters. The third kappa shape index (κ3) is 5.25. The predicted octanol–water partition coefficient (Wildman–Crippen LogP) is 2.50. The fourth-order valence-electron chi connectivity index (χ4n) is 3.68. The van der Waals surface area contributed by atoms with E-state index in [1.54, 1.807) is 0 Å². The molecule has 8 nitrogen and oxygen atoms in total. The smallest absolute Gasteiger partial charge is 0.238 e. The highest BCUT2D eigenvalue weighted by molar-refractivity contribution is 7.00. The highest BCUT2D eigenvalue weighted by atomic mass is 32.1. The van der Waals surface area contributed by atoms with Crippen LogP contribution < -0.4 is 10.6 Å². The quantitative estimate of drug-likeness (QED) is 0.615. The van der Waals surface area contributed by atoms with Gasteiger partial charge in [0.05, 0.1) is 30.5 Å². The van der Waals surface area contributed by atoms with Gasteiger partial charge in [0.15, 0.2) is 0 Å². The Hall–Kier alpha value is -2.88. The van der Waals surface area contributed by atoms with Crippen LogP contribution in [0.25, 0.3) is 11.0 Å². The van der Waals surface area contributed by atoms with E-state index < -0.39 is 0 Å². The maximum Gasteiger partial charge on any atom is 0.238 e. The molecule has 0 bridgehead atoms. The van der Waals surface area contributed by atoms with Gasteiger partial charge in [-0.2, -0.15) is 8.75 Å². The molecule has 1 aromatic heterocycles. The molecule has 0 spiro atoms. The molecule has 2 amide bonds. The van der Waals surface area contributed by atoms with E-state index in [1.165, 1.54) is 0 Å². The number of rotatable bonds is 6. The van der Waals surface area contributed by atoms with Crippen molar-refractivity contribution in [3.05, 3.63) is 47.5 Å². The van der Waals surface area contributed by atoms with Crippen molar-refractivity contribution in [3.63, 3.8) is 0 Å². The second-order valence-corrected chi connectivity index (χ2v) is 8.36. The van der Waals surface area contributed by atoms with Crippen LogP contribution in [0.3, 0.4) is 0 Å². The van der Waals surface area contributed by atoms with Crippen molar-refractivity contribution >= 4 is 46.0 Å². The average Bonchev–Trinajstić information content (AvgIpc) is 3.23. The normalized spacial score (nSPS) is 15.2. The summed E-state index contributed by atoms with van der Waals surface area (Å²) in [4.78, 5) is 29.2. The maximum atomic E-state index is 12.5. The van der Waals surface area contributed by atoms with Gasteiger partial charge in [-0.15, -0.1) is 0 Å². The van der Waals surface area contributed by atoms with Gasteiger partial charge in [0.2, 0.25) is 11.8 Å². The van der Waals surface area contributed by atoms with Gasteiger partial charge in [0.25, 0.3) is 0 Å². The Bertz CT molecular complexity index is 1090. The van der Waals surface area contributed by atoms with Crippen LogP contribution in [0.1, 0.15) is 11.1 Å². The molecule has 0 atom stereocenters. The van der Waals surface area contributed by atoms with Gasteiger partial charge in [0, 0.05) is 31.9 Å². The Labute approximate surface area is 185 Å². The second-order valence-electron chi connectivity index (χ2n) is 7.83. The molecule has 31 heavy (non-hydrogen) atoms. The molecule has 1 fully saturated rings.